The van der Waals surface area contributed by atoms with Crippen molar-refractivity contribution in [3.8, 4) is 11.4 Å². The Bertz CT molecular complexity index is 1040. The molecule has 144 valence electrons. The molecule has 28 heavy (non-hydrogen) atoms. The van der Waals surface area contributed by atoms with E-state index in [-0.39, 0.29) is 11.8 Å². The molecule has 0 fully saturated rings. The number of hydrogen-bond donors (Lipinski definition) is 2. The second kappa shape index (κ2) is 8.00. The van der Waals surface area contributed by atoms with Gasteiger partial charge in [-0.15, -0.1) is 0 Å². The molecule has 1 heterocycles. The summed E-state index contributed by atoms with van der Waals surface area (Å²) in [5.74, 6) is 0.387. The molecule has 2 aromatic carbocycles. The van der Waals surface area contributed by atoms with Crippen molar-refractivity contribution in [3.63, 3.8) is 0 Å². The van der Waals surface area contributed by atoms with Gasteiger partial charge < -0.3 is 19.9 Å². The summed E-state index contributed by atoms with van der Waals surface area (Å²) in [7, 11) is 1.63. The van der Waals surface area contributed by atoms with Crippen LogP contribution in [0.5, 0.6) is 5.75 Å². The van der Waals surface area contributed by atoms with Crippen molar-refractivity contribution in [1.29, 1.82) is 0 Å². The van der Waals surface area contributed by atoms with Gasteiger partial charge >= 0.3 is 0 Å². The van der Waals surface area contributed by atoms with Crippen LogP contribution >= 0.6 is 0 Å². The number of anilines is 2. The SMILES string of the molecule is COc1cccc(-n2c(C)cc(C(=O)Nc3cccc(NC(C)=O)c3)c2C)c1. The number of ether oxygens (including phenoxy) is 1. The van der Waals surface area contributed by atoms with E-state index in [9.17, 15) is 9.59 Å². The molecule has 0 bridgehead atoms. The quantitative estimate of drug-likeness (QED) is 0.696. The average molecular weight is 377 g/mol. The van der Waals surface area contributed by atoms with Crippen LogP contribution in [-0.2, 0) is 4.79 Å². The molecule has 0 atom stereocenters. The van der Waals surface area contributed by atoms with Crippen LogP contribution in [0.4, 0.5) is 11.4 Å². The molecule has 2 amide bonds. The smallest absolute Gasteiger partial charge is 0.257 e. The normalized spacial score (nSPS) is 10.4. The third-order valence-electron chi connectivity index (χ3n) is 4.43. The monoisotopic (exact) mass is 377 g/mol. The lowest BCUT2D eigenvalue weighted by molar-refractivity contribution is -0.114. The molecule has 3 aromatic rings. The van der Waals surface area contributed by atoms with E-state index in [1.165, 1.54) is 6.92 Å². The maximum Gasteiger partial charge on any atom is 0.257 e. The first-order valence-corrected chi connectivity index (χ1v) is 8.91. The van der Waals surface area contributed by atoms with Gasteiger partial charge in [-0.05, 0) is 50.2 Å². The van der Waals surface area contributed by atoms with Crippen LogP contribution in [-0.4, -0.2) is 23.5 Å². The topological polar surface area (TPSA) is 72.4 Å². The Hall–Kier alpha value is -3.54. The molecular weight excluding hydrogens is 354 g/mol. The molecule has 0 aliphatic carbocycles. The fourth-order valence-electron chi connectivity index (χ4n) is 3.22. The summed E-state index contributed by atoms with van der Waals surface area (Å²) in [6, 6.07) is 16.6. The lowest BCUT2D eigenvalue weighted by atomic mass is 10.2. The molecule has 1 aromatic heterocycles. The summed E-state index contributed by atoms with van der Waals surface area (Å²) in [5, 5.41) is 5.61. The van der Waals surface area contributed by atoms with Crippen LogP contribution in [0.25, 0.3) is 5.69 Å². The zero-order valence-corrected chi connectivity index (χ0v) is 16.4. The van der Waals surface area contributed by atoms with Gasteiger partial charge in [0.25, 0.3) is 5.91 Å². The number of carbonyl (C=O) groups is 2. The van der Waals surface area contributed by atoms with Crippen LogP contribution in [0.2, 0.25) is 0 Å². The van der Waals surface area contributed by atoms with Gasteiger partial charge in [0, 0.05) is 41.4 Å². The number of rotatable bonds is 5. The first kappa shape index (κ1) is 19.2. The number of nitrogens with one attached hydrogen (secondary N) is 2. The summed E-state index contributed by atoms with van der Waals surface area (Å²) in [6.07, 6.45) is 0. The summed E-state index contributed by atoms with van der Waals surface area (Å²) in [4.78, 5) is 24.1. The van der Waals surface area contributed by atoms with Gasteiger partial charge in [-0.25, -0.2) is 0 Å². The van der Waals surface area contributed by atoms with Crippen LogP contribution in [0, 0.1) is 13.8 Å². The maximum atomic E-state index is 12.9. The van der Waals surface area contributed by atoms with E-state index in [4.69, 9.17) is 4.74 Å². The molecule has 6 nitrogen and oxygen atoms in total. The molecule has 2 N–H and O–H groups in total. The molecule has 0 unspecified atom stereocenters. The molecule has 3 rings (SSSR count). The number of amides is 2. The Morgan fingerprint density at radius 1 is 0.929 bits per heavy atom. The number of carbonyl (C=O) groups excluding carboxylic acids is 2. The highest BCUT2D eigenvalue weighted by atomic mass is 16.5. The standard InChI is InChI=1S/C22H23N3O3/c1-14-11-21(15(2)25(14)19-9-6-10-20(13-19)28-4)22(27)24-18-8-5-7-17(12-18)23-16(3)26/h5-13H,1-4H3,(H,23,26)(H,24,27). The molecule has 0 saturated heterocycles. The van der Waals surface area contributed by atoms with Gasteiger partial charge in [0.15, 0.2) is 0 Å². The number of methoxy groups -OCH3 is 1. The molecule has 0 saturated carbocycles. The highest BCUT2D eigenvalue weighted by Gasteiger charge is 2.17. The molecule has 0 radical (unpaired) electrons. The number of benzene rings is 2. The highest BCUT2D eigenvalue weighted by Crippen LogP contribution is 2.25. The van der Waals surface area contributed by atoms with Gasteiger partial charge in [0.2, 0.25) is 5.91 Å². The first-order valence-electron chi connectivity index (χ1n) is 8.91. The number of nitrogens with zero attached hydrogens (tertiary/aromatic N) is 1. The Morgan fingerprint density at radius 3 is 2.29 bits per heavy atom. The van der Waals surface area contributed by atoms with Crippen molar-refractivity contribution in [1.82, 2.24) is 4.57 Å². The molecule has 6 heteroatoms. The maximum absolute atomic E-state index is 12.9. The molecule has 0 spiro atoms. The van der Waals surface area contributed by atoms with Crippen molar-refractivity contribution in [2.75, 3.05) is 17.7 Å². The van der Waals surface area contributed by atoms with Gasteiger partial charge in [-0.1, -0.05) is 12.1 Å². The summed E-state index contributed by atoms with van der Waals surface area (Å²) in [6.45, 7) is 5.31. The lowest BCUT2D eigenvalue weighted by Crippen LogP contribution is -2.13. The van der Waals surface area contributed by atoms with Gasteiger partial charge in [-0.2, -0.15) is 0 Å². The minimum Gasteiger partial charge on any atom is -0.497 e. The van der Waals surface area contributed by atoms with E-state index in [1.54, 1.807) is 31.4 Å². The van der Waals surface area contributed by atoms with Crippen LogP contribution < -0.4 is 15.4 Å². The highest BCUT2D eigenvalue weighted by molar-refractivity contribution is 6.05. The van der Waals surface area contributed by atoms with E-state index in [1.807, 2.05) is 48.7 Å². The van der Waals surface area contributed by atoms with Crippen LogP contribution in [0.3, 0.4) is 0 Å². The van der Waals surface area contributed by atoms with Gasteiger partial charge in [0.05, 0.1) is 12.7 Å². The van der Waals surface area contributed by atoms with E-state index in [0.29, 0.717) is 16.9 Å². The Labute approximate surface area is 164 Å². The van der Waals surface area contributed by atoms with Crippen LogP contribution in [0.15, 0.2) is 54.6 Å². The number of aryl methyl sites for hydroxylation is 1. The third-order valence-corrected chi connectivity index (χ3v) is 4.43. The minimum atomic E-state index is -0.206. The predicted octanol–water partition coefficient (Wildman–Crippen LogP) is 4.31. The van der Waals surface area contributed by atoms with Gasteiger partial charge in [-0.3, -0.25) is 9.59 Å². The minimum absolute atomic E-state index is 0.162. The fraction of sp³-hybridized carbons (Fsp3) is 0.182. The Morgan fingerprint density at radius 2 is 1.61 bits per heavy atom. The van der Waals surface area contributed by atoms with Crippen LogP contribution in [0.1, 0.15) is 28.7 Å². The van der Waals surface area contributed by atoms with Crippen molar-refractivity contribution in [2.24, 2.45) is 0 Å². The van der Waals surface area contributed by atoms with E-state index >= 15 is 0 Å². The first-order chi connectivity index (χ1) is 13.4. The van der Waals surface area contributed by atoms with Crippen molar-refractivity contribution >= 4 is 23.2 Å². The lowest BCUT2D eigenvalue weighted by Gasteiger charge is -2.12. The van der Waals surface area contributed by atoms with Gasteiger partial charge in [0.1, 0.15) is 5.75 Å². The fourth-order valence-corrected chi connectivity index (χ4v) is 3.22. The molecule has 0 aliphatic rings. The van der Waals surface area contributed by atoms with Crippen molar-refractivity contribution in [3.05, 3.63) is 71.5 Å². The second-order valence-corrected chi connectivity index (χ2v) is 6.54. The third kappa shape index (κ3) is 4.06. The largest absolute Gasteiger partial charge is 0.497 e. The zero-order chi connectivity index (χ0) is 20.3. The number of aromatic nitrogens is 1. The average Bonchev–Trinajstić information content (AvgIpc) is 2.96. The summed E-state index contributed by atoms with van der Waals surface area (Å²) in [5.41, 5.74) is 4.55. The van der Waals surface area contributed by atoms with E-state index in [2.05, 4.69) is 10.6 Å². The predicted molar refractivity (Wildman–Crippen MR) is 110 cm³/mol. The Kier molecular flexibility index (Phi) is 5.49. The van der Waals surface area contributed by atoms with Crippen molar-refractivity contribution in [2.45, 2.75) is 20.8 Å². The molecule has 0 aliphatic heterocycles. The van der Waals surface area contributed by atoms with E-state index < -0.39 is 0 Å². The number of hydrogen-bond acceptors (Lipinski definition) is 3. The second-order valence-electron chi connectivity index (χ2n) is 6.54. The molecular formula is C22H23N3O3. The van der Waals surface area contributed by atoms with E-state index in [0.717, 1.165) is 22.8 Å². The zero-order valence-electron chi connectivity index (χ0n) is 16.4. The van der Waals surface area contributed by atoms with Crippen molar-refractivity contribution < 1.29 is 14.3 Å². The summed E-state index contributed by atoms with van der Waals surface area (Å²) < 4.78 is 7.32. The summed E-state index contributed by atoms with van der Waals surface area (Å²) >= 11 is 0. The Balaban J connectivity index is 1.88.